The molecule has 0 bridgehead atoms. The number of hydrogen-bond donors (Lipinski definition) is 0. The molecule has 122 valence electrons. The maximum absolute atomic E-state index is 13.0. The molecule has 0 aliphatic carbocycles. The predicted octanol–water partition coefficient (Wildman–Crippen LogP) is 2.35. The van der Waals surface area contributed by atoms with Gasteiger partial charge in [0, 0.05) is 30.9 Å². The number of carbonyl (C=O) groups is 1. The van der Waals surface area contributed by atoms with Gasteiger partial charge in [-0.1, -0.05) is 12.1 Å². The van der Waals surface area contributed by atoms with E-state index in [1.54, 1.807) is 24.7 Å². The number of nitrogens with zero attached hydrogens (tertiary/aromatic N) is 5. The van der Waals surface area contributed by atoms with Crippen molar-refractivity contribution in [3.8, 4) is 10.8 Å². The molecule has 8 heteroatoms. The van der Waals surface area contributed by atoms with Crippen molar-refractivity contribution in [2.75, 3.05) is 6.54 Å². The van der Waals surface area contributed by atoms with Crippen LogP contribution < -0.4 is 0 Å². The molecular weight excluding hydrogens is 326 g/mol. The minimum Gasteiger partial charge on any atom is -0.364 e. The Bertz CT molecular complexity index is 874. The largest absolute Gasteiger partial charge is 0.364 e. The number of aromatic nitrogens is 4. The summed E-state index contributed by atoms with van der Waals surface area (Å²) in [6.07, 6.45) is 6.37. The normalized spacial score (nSPS) is 13.8. The molecule has 0 fully saturated rings. The van der Waals surface area contributed by atoms with Crippen molar-refractivity contribution in [3.05, 3.63) is 46.6 Å². The summed E-state index contributed by atoms with van der Waals surface area (Å²) in [4.78, 5) is 28.5. The first kappa shape index (κ1) is 14.9. The molecule has 0 saturated carbocycles. The first-order valence-corrected chi connectivity index (χ1v) is 8.56. The quantitative estimate of drug-likeness (QED) is 0.727. The fraction of sp³-hybridized carbons (Fsp3) is 0.312. The van der Waals surface area contributed by atoms with E-state index in [2.05, 4.69) is 20.1 Å². The number of hydrogen-bond acceptors (Lipinski definition) is 7. The van der Waals surface area contributed by atoms with E-state index in [1.165, 1.54) is 11.3 Å². The first-order valence-electron chi connectivity index (χ1n) is 7.74. The highest BCUT2D eigenvalue weighted by Crippen LogP contribution is 2.28. The van der Waals surface area contributed by atoms with Gasteiger partial charge in [-0.15, -0.1) is 11.3 Å². The van der Waals surface area contributed by atoms with Crippen LogP contribution in [0.2, 0.25) is 0 Å². The van der Waals surface area contributed by atoms with Crippen molar-refractivity contribution < 1.29 is 9.32 Å². The Balaban J connectivity index is 1.64. The van der Waals surface area contributed by atoms with Crippen LogP contribution in [0.25, 0.3) is 10.8 Å². The van der Waals surface area contributed by atoms with Gasteiger partial charge in [0.05, 0.1) is 17.9 Å². The minimum atomic E-state index is -0.00150. The number of aryl methyl sites for hydroxylation is 1. The molecule has 1 amide bonds. The monoisotopic (exact) mass is 341 g/mol. The molecule has 0 spiro atoms. The highest BCUT2D eigenvalue weighted by Gasteiger charge is 2.28. The minimum absolute atomic E-state index is 0.00150. The molecule has 4 heterocycles. The molecular formula is C16H15N5O2S. The van der Waals surface area contributed by atoms with Gasteiger partial charge in [-0.05, 0) is 12.5 Å². The van der Waals surface area contributed by atoms with Gasteiger partial charge in [0.15, 0.2) is 10.8 Å². The molecule has 4 rings (SSSR count). The standard InChI is InChI=1S/C16H15N5O2S/c1-2-11-13(24-15(19-11)14-17-5-3-6-18-14)16(22)21-7-4-12-10(8-21)9-23-20-12/h3,5-6,9H,2,4,7-8H2,1H3. The lowest BCUT2D eigenvalue weighted by Gasteiger charge is -2.25. The van der Waals surface area contributed by atoms with Crippen LogP contribution in [0.4, 0.5) is 0 Å². The van der Waals surface area contributed by atoms with Gasteiger partial charge in [-0.2, -0.15) is 0 Å². The van der Waals surface area contributed by atoms with Crippen LogP contribution in [0.15, 0.2) is 29.2 Å². The smallest absolute Gasteiger partial charge is 0.266 e. The Labute approximate surface area is 142 Å². The molecule has 0 unspecified atom stereocenters. The number of rotatable bonds is 3. The Morgan fingerprint density at radius 1 is 1.38 bits per heavy atom. The molecule has 7 nitrogen and oxygen atoms in total. The fourth-order valence-electron chi connectivity index (χ4n) is 2.72. The zero-order valence-corrected chi connectivity index (χ0v) is 13.9. The van der Waals surface area contributed by atoms with Gasteiger partial charge < -0.3 is 9.42 Å². The molecule has 1 aliphatic rings. The highest BCUT2D eigenvalue weighted by molar-refractivity contribution is 7.17. The lowest BCUT2D eigenvalue weighted by Crippen LogP contribution is -2.35. The van der Waals surface area contributed by atoms with Crippen molar-refractivity contribution in [3.63, 3.8) is 0 Å². The van der Waals surface area contributed by atoms with Crippen molar-refractivity contribution in [2.24, 2.45) is 0 Å². The van der Waals surface area contributed by atoms with Crippen molar-refractivity contribution in [1.29, 1.82) is 0 Å². The SMILES string of the molecule is CCc1nc(-c2ncccn2)sc1C(=O)N1CCc2nocc2C1. The van der Waals surface area contributed by atoms with E-state index < -0.39 is 0 Å². The predicted molar refractivity (Wildman–Crippen MR) is 87.5 cm³/mol. The lowest BCUT2D eigenvalue weighted by molar-refractivity contribution is 0.0738. The van der Waals surface area contributed by atoms with Gasteiger partial charge >= 0.3 is 0 Å². The molecule has 0 aromatic carbocycles. The van der Waals surface area contributed by atoms with Gasteiger partial charge in [0.25, 0.3) is 5.91 Å². The average Bonchev–Trinajstić information content (AvgIpc) is 3.27. The van der Waals surface area contributed by atoms with E-state index in [0.717, 1.165) is 17.0 Å². The number of thiazole rings is 1. The summed E-state index contributed by atoms with van der Waals surface area (Å²) >= 11 is 1.36. The van der Waals surface area contributed by atoms with E-state index in [1.807, 2.05) is 11.8 Å². The van der Waals surface area contributed by atoms with E-state index in [-0.39, 0.29) is 5.91 Å². The summed E-state index contributed by atoms with van der Waals surface area (Å²) in [6.45, 7) is 3.16. The van der Waals surface area contributed by atoms with Crippen LogP contribution in [0, 0.1) is 0 Å². The molecule has 0 radical (unpaired) electrons. The average molecular weight is 341 g/mol. The van der Waals surface area contributed by atoms with Crippen LogP contribution in [-0.4, -0.2) is 37.5 Å². The second-order valence-corrected chi connectivity index (χ2v) is 6.48. The number of carbonyl (C=O) groups excluding carboxylic acids is 1. The number of fused-ring (bicyclic) bond motifs is 1. The van der Waals surface area contributed by atoms with Crippen molar-refractivity contribution >= 4 is 17.2 Å². The van der Waals surface area contributed by atoms with Crippen molar-refractivity contribution in [2.45, 2.75) is 26.3 Å². The van der Waals surface area contributed by atoms with E-state index in [0.29, 0.717) is 41.6 Å². The third kappa shape index (κ3) is 2.58. The second kappa shape index (κ2) is 6.12. The summed E-state index contributed by atoms with van der Waals surface area (Å²) < 4.78 is 4.99. The Hall–Kier alpha value is -2.61. The zero-order chi connectivity index (χ0) is 16.5. The third-order valence-electron chi connectivity index (χ3n) is 3.98. The zero-order valence-electron chi connectivity index (χ0n) is 13.1. The van der Waals surface area contributed by atoms with Crippen LogP contribution in [0.5, 0.6) is 0 Å². The van der Waals surface area contributed by atoms with Gasteiger partial charge in [0.1, 0.15) is 11.1 Å². The molecule has 3 aromatic heterocycles. The van der Waals surface area contributed by atoms with Crippen LogP contribution >= 0.6 is 11.3 Å². The highest BCUT2D eigenvalue weighted by atomic mass is 32.1. The topological polar surface area (TPSA) is 85.0 Å². The molecule has 24 heavy (non-hydrogen) atoms. The van der Waals surface area contributed by atoms with Gasteiger partial charge in [-0.3, -0.25) is 4.79 Å². The second-order valence-electron chi connectivity index (χ2n) is 5.48. The Morgan fingerprint density at radius 3 is 3.00 bits per heavy atom. The summed E-state index contributed by atoms with van der Waals surface area (Å²) in [7, 11) is 0. The maximum Gasteiger partial charge on any atom is 0.266 e. The maximum atomic E-state index is 13.0. The summed E-state index contributed by atoms with van der Waals surface area (Å²) in [5.41, 5.74) is 2.71. The number of amides is 1. The molecule has 0 N–H and O–H groups in total. The van der Waals surface area contributed by atoms with Crippen LogP contribution in [-0.2, 0) is 19.4 Å². The van der Waals surface area contributed by atoms with Crippen molar-refractivity contribution in [1.82, 2.24) is 25.0 Å². The third-order valence-corrected chi connectivity index (χ3v) is 5.06. The summed E-state index contributed by atoms with van der Waals surface area (Å²) in [5, 5.41) is 4.64. The van der Waals surface area contributed by atoms with E-state index >= 15 is 0 Å². The summed E-state index contributed by atoms with van der Waals surface area (Å²) in [6, 6.07) is 1.76. The van der Waals surface area contributed by atoms with E-state index in [4.69, 9.17) is 4.52 Å². The molecule has 1 aliphatic heterocycles. The summed E-state index contributed by atoms with van der Waals surface area (Å²) in [5.74, 6) is 0.551. The molecule has 0 saturated heterocycles. The molecule has 3 aromatic rings. The lowest BCUT2D eigenvalue weighted by atomic mass is 10.1. The van der Waals surface area contributed by atoms with Gasteiger partial charge in [-0.25, -0.2) is 15.0 Å². The Kier molecular flexibility index (Phi) is 3.81. The van der Waals surface area contributed by atoms with E-state index in [9.17, 15) is 4.79 Å². The Morgan fingerprint density at radius 2 is 2.21 bits per heavy atom. The van der Waals surface area contributed by atoms with Crippen LogP contribution in [0.1, 0.15) is 33.5 Å². The van der Waals surface area contributed by atoms with Crippen LogP contribution in [0.3, 0.4) is 0 Å². The fourth-order valence-corrected chi connectivity index (χ4v) is 3.79. The molecule has 0 atom stereocenters. The first-order chi connectivity index (χ1) is 11.8. The van der Waals surface area contributed by atoms with Gasteiger partial charge in [0.2, 0.25) is 0 Å².